The number of aryl methyl sites for hydroxylation is 1. The highest BCUT2D eigenvalue weighted by atomic mass is 16.5. The molecule has 4 heteroatoms. The van der Waals surface area contributed by atoms with E-state index < -0.39 is 0 Å². The van der Waals surface area contributed by atoms with Gasteiger partial charge in [-0.2, -0.15) is 0 Å². The summed E-state index contributed by atoms with van der Waals surface area (Å²) < 4.78 is 5.46. The van der Waals surface area contributed by atoms with Gasteiger partial charge in [0.2, 0.25) is 0 Å². The Morgan fingerprint density at radius 3 is 2.85 bits per heavy atom. The smallest absolute Gasteiger partial charge is 0.133 e. The zero-order valence-corrected chi connectivity index (χ0v) is 12.6. The number of fused-ring (bicyclic) bond motifs is 1. The van der Waals surface area contributed by atoms with Crippen molar-refractivity contribution in [3.63, 3.8) is 0 Å². The number of pyridine rings is 1. The number of rotatable bonds is 2. The zero-order chi connectivity index (χ0) is 13.9. The van der Waals surface area contributed by atoms with Crippen LogP contribution in [-0.4, -0.2) is 49.8 Å². The van der Waals surface area contributed by atoms with Gasteiger partial charge in [0, 0.05) is 57.7 Å². The fourth-order valence-corrected chi connectivity index (χ4v) is 3.19. The van der Waals surface area contributed by atoms with Gasteiger partial charge in [-0.1, -0.05) is 6.07 Å². The molecule has 0 amide bonds. The van der Waals surface area contributed by atoms with Crippen LogP contribution in [0.5, 0.6) is 0 Å². The summed E-state index contributed by atoms with van der Waals surface area (Å²) in [5, 5.41) is 0. The van der Waals surface area contributed by atoms with E-state index in [-0.39, 0.29) is 0 Å². The molecule has 0 unspecified atom stereocenters. The second kappa shape index (κ2) is 6.10. The van der Waals surface area contributed by atoms with Gasteiger partial charge in [-0.3, -0.25) is 4.90 Å². The number of ether oxygens (including phenoxy) is 1. The molecule has 3 heterocycles. The SMILES string of the molecule is Cc1ccc2c(n1)N(C)CCN(CC1CCOCC1)C2. The molecule has 2 aliphatic heterocycles. The topological polar surface area (TPSA) is 28.6 Å². The van der Waals surface area contributed by atoms with Gasteiger partial charge in [0.25, 0.3) is 0 Å². The molecule has 1 aromatic rings. The van der Waals surface area contributed by atoms with Gasteiger partial charge >= 0.3 is 0 Å². The maximum atomic E-state index is 5.46. The molecular formula is C16H25N3O. The molecule has 1 fully saturated rings. The molecule has 20 heavy (non-hydrogen) atoms. The lowest BCUT2D eigenvalue weighted by Gasteiger charge is -2.28. The van der Waals surface area contributed by atoms with Crippen molar-refractivity contribution >= 4 is 5.82 Å². The van der Waals surface area contributed by atoms with E-state index in [0.29, 0.717) is 0 Å². The van der Waals surface area contributed by atoms with E-state index in [4.69, 9.17) is 9.72 Å². The second-order valence-electron chi connectivity index (χ2n) is 6.15. The molecule has 0 saturated carbocycles. The first-order valence-corrected chi connectivity index (χ1v) is 7.70. The Morgan fingerprint density at radius 1 is 1.25 bits per heavy atom. The van der Waals surface area contributed by atoms with Crippen molar-refractivity contribution in [3.8, 4) is 0 Å². The molecule has 0 bridgehead atoms. The van der Waals surface area contributed by atoms with Crippen LogP contribution >= 0.6 is 0 Å². The van der Waals surface area contributed by atoms with E-state index in [2.05, 4.69) is 35.9 Å². The van der Waals surface area contributed by atoms with E-state index in [9.17, 15) is 0 Å². The molecule has 1 saturated heterocycles. The molecule has 0 atom stereocenters. The minimum Gasteiger partial charge on any atom is -0.381 e. The maximum absolute atomic E-state index is 5.46. The Bertz CT molecular complexity index is 457. The highest BCUT2D eigenvalue weighted by Gasteiger charge is 2.22. The Balaban J connectivity index is 1.71. The molecule has 4 nitrogen and oxygen atoms in total. The number of nitrogens with zero attached hydrogens (tertiary/aromatic N) is 3. The standard InChI is InChI=1S/C16H25N3O/c1-13-3-4-15-12-19(8-7-18(2)16(15)17-13)11-14-5-9-20-10-6-14/h3-4,14H,5-12H2,1-2H3. The Hall–Kier alpha value is -1.13. The Morgan fingerprint density at radius 2 is 2.05 bits per heavy atom. The largest absolute Gasteiger partial charge is 0.381 e. The molecule has 110 valence electrons. The summed E-state index contributed by atoms with van der Waals surface area (Å²) in [6.07, 6.45) is 2.43. The summed E-state index contributed by atoms with van der Waals surface area (Å²) in [5.41, 5.74) is 2.47. The summed E-state index contributed by atoms with van der Waals surface area (Å²) in [6, 6.07) is 4.38. The van der Waals surface area contributed by atoms with E-state index in [1.54, 1.807) is 0 Å². The van der Waals surface area contributed by atoms with Gasteiger partial charge in [0.15, 0.2) is 0 Å². The van der Waals surface area contributed by atoms with E-state index in [0.717, 1.165) is 44.5 Å². The molecule has 3 rings (SSSR count). The van der Waals surface area contributed by atoms with E-state index in [1.165, 1.54) is 30.8 Å². The second-order valence-corrected chi connectivity index (χ2v) is 6.15. The van der Waals surface area contributed by atoms with Crippen molar-refractivity contribution in [2.24, 2.45) is 5.92 Å². The highest BCUT2D eigenvalue weighted by molar-refractivity contribution is 5.47. The lowest BCUT2D eigenvalue weighted by atomic mass is 9.99. The van der Waals surface area contributed by atoms with Gasteiger partial charge < -0.3 is 9.64 Å². The summed E-state index contributed by atoms with van der Waals surface area (Å²) in [6.45, 7) is 8.37. The van der Waals surface area contributed by atoms with E-state index >= 15 is 0 Å². The van der Waals surface area contributed by atoms with Crippen LogP contribution in [0.15, 0.2) is 12.1 Å². The van der Waals surface area contributed by atoms with Crippen LogP contribution in [0.3, 0.4) is 0 Å². The number of aromatic nitrogens is 1. The first kappa shape index (κ1) is 13.8. The minimum absolute atomic E-state index is 0.800. The third-order valence-electron chi connectivity index (χ3n) is 4.46. The maximum Gasteiger partial charge on any atom is 0.133 e. The van der Waals surface area contributed by atoms with Crippen molar-refractivity contribution < 1.29 is 4.74 Å². The van der Waals surface area contributed by atoms with Crippen LogP contribution in [0.1, 0.15) is 24.1 Å². The minimum atomic E-state index is 0.800. The van der Waals surface area contributed by atoms with Gasteiger partial charge in [-0.15, -0.1) is 0 Å². The van der Waals surface area contributed by atoms with Crippen LogP contribution in [0.4, 0.5) is 5.82 Å². The van der Waals surface area contributed by atoms with Gasteiger partial charge in [-0.25, -0.2) is 4.98 Å². The molecule has 0 aromatic carbocycles. The van der Waals surface area contributed by atoms with Crippen LogP contribution in [-0.2, 0) is 11.3 Å². The van der Waals surface area contributed by atoms with Crippen molar-refractivity contribution in [3.05, 3.63) is 23.4 Å². The van der Waals surface area contributed by atoms with Gasteiger partial charge in [-0.05, 0) is 31.7 Å². The van der Waals surface area contributed by atoms with Crippen molar-refractivity contribution in [2.45, 2.75) is 26.3 Å². The fourth-order valence-electron chi connectivity index (χ4n) is 3.19. The first-order chi connectivity index (χ1) is 9.72. The molecule has 0 N–H and O–H groups in total. The van der Waals surface area contributed by atoms with Crippen LogP contribution in [0.25, 0.3) is 0 Å². The van der Waals surface area contributed by atoms with Gasteiger partial charge in [0.05, 0.1) is 0 Å². The summed E-state index contributed by atoms with van der Waals surface area (Å²) in [5.74, 6) is 1.97. The third kappa shape index (κ3) is 3.13. The first-order valence-electron chi connectivity index (χ1n) is 7.70. The Kier molecular flexibility index (Phi) is 4.22. The lowest BCUT2D eigenvalue weighted by molar-refractivity contribution is 0.0521. The summed E-state index contributed by atoms with van der Waals surface area (Å²) >= 11 is 0. The molecule has 0 spiro atoms. The number of anilines is 1. The summed E-state index contributed by atoms with van der Waals surface area (Å²) in [4.78, 5) is 9.61. The normalized spacial score (nSPS) is 21.6. The molecule has 0 aliphatic carbocycles. The average Bonchev–Trinajstić information content (AvgIpc) is 2.61. The number of hydrogen-bond acceptors (Lipinski definition) is 4. The van der Waals surface area contributed by atoms with Crippen LogP contribution < -0.4 is 4.90 Å². The van der Waals surface area contributed by atoms with Crippen molar-refractivity contribution in [1.29, 1.82) is 0 Å². The third-order valence-corrected chi connectivity index (χ3v) is 4.46. The molecule has 2 aliphatic rings. The Labute approximate surface area is 121 Å². The number of likely N-dealkylation sites (N-methyl/N-ethyl adjacent to an activating group) is 1. The molecule has 0 radical (unpaired) electrons. The predicted octanol–water partition coefficient (Wildman–Crippen LogP) is 2.07. The summed E-state index contributed by atoms with van der Waals surface area (Å²) in [7, 11) is 2.16. The number of hydrogen-bond donors (Lipinski definition) is 0. The molecular weight excluding hydrogens is 250 g/mol. The van der Waals surface area contributed by atoms with Crippen molar-refractivity contribution in [1.82, 2.24) is 9.88 Å². The van der Waals surface area contributed by atoms with Crippen LogP contribution in [0, 0.1) is 12.8 Å². The average molecular weight is 275 g/mol. The van der Waals surface area contributed by atoms with Crippen LogP contribution in [0.2, 0.25) is 0 Å². The fraction of sp³-hybridized carbons (Fsp3) is 0.688. The molecule has 1 aromatic heterocycles. The zero-order valence-electron chi connectivity index (χ0n) is 12.6. The monoisotopic (exact) mass is 275 g/mol. The quantitative estimate of drug-likeness (QED) is 0.826. The van der Waals surface area contributed by atoms with Crippen molar-refractivity contribution in [2.75, 3.05) is 44.8 Å². The van der Waals surface area contributed by atoms with E-state index in [1.807, 2.05) is 0 Å². The predicted molar refractivity (Wildman–Crippen MR) is 81.1 cm³/mol. The van der Waals surface area contributed by atoms with Gasteiger partial charge in [0.1, 0.15) is 5.82 Å². The highest BCUT2D eigenvalue weighted by Crippen LogP contribution is 2.24. The lowest BCUT2D eigenvalue weighted by Crippen LogP contribution is -2.35.